The van der Waals surface area contributed by atoms with Crippen LogP contribution in [0.3, 0.4) is 0 Å². The summed E-state index contributed by atoms with van der Waals surface area (Å²) in [6.45, 7) is 5.00. The molecule has 2 aromatic carbocycles. The zero-order chi connectivity index (χ0) is 29.8. The first kappa shape index (κ1) is 29.1. The average molecular weight is 604 g/mol. The van der Waals surface area contributed by atoms with Gasteiger partial charge < -0.3 is 25.3 Å². The summed E-state index contributed by atoms with van der Waals surface area (Å²) in [4.78, 5) is 27.5. The fourth-order valence-corrected chi connectivity index (χ4v) is 7.03. The molecule has 12 heteroatoms. The number of carbonyl (C=O) groups excluding carboxylic acids is 1. The van der Waals surface area contributed by atoms with Crippen LogP contribution in [0.5, 0.6) is 0 Å². The van der Waals surface area contributed by atoms with Gasteiger partial charge in [0.25, 0.3) is 0 Å². The molecule has 0 bridgehead atoms. The van der Waals surface area contributed by atoms with Gasteiger partial charge in [-0.1, -0.05) is 30.3 Å². The lowest BCUT2D eigenvalue weighted by molar-refractivity contribution is -0.126. The number of nitrogens with one attached hydrogen (secondary N) is 4. The lowest BCUT2D eigenvalue weighted by atomic mass is 9.85. The zero-order valence-corrected chi connectivity index (χ0v) is 24.9. The summed E-state index contributed by atoms with van der Waals surface area (Å²) < 4.78 is 34.8. The predicted octanol–water partition coefficient (Wildman–Crippen LogP) is 4.25. The van der Waals surface area contributed by atoms with Crippen molar-refractivity contribution in [3.05, 3.63) is 72.4 Å². The molecule has 2 aliphatic rings. The van der Waals surface area contributed by atoms with Crippen molar-refractivity contribution in [3.63, 3.8) is 0 Å². The molecule has 4 aromatic rings. The minimum atomic E-state index is -3.76. The molecule has 1 atom stereocenters. The number of anilines is 3. The average Bonchev–Trinajstić information content (AvgIpc) is 3.44. The van der Waals surface area contributed by atoms with E-state index in [0.29, 0.717) is 50.4 Å². The first-order chi connectivity index (χ1) is 20.8. The van der Waals surface area contributed by atoms with Crippen LogP contribution in [0.4, 0.5) is 17.5 Å². The van der Waals surface area contributed by atoms with Gasteiger partial charge in [-0.05, 0) is 68.5 Å². The van der Waals surface area contributed by atoms with Crippen LogP contribution in [0.15, 0.2) is 71.8 Å². The fraction of sp³-hybridized carbons (Fsp3) is 0.387. The molecule has 0 unspecified atom stereocenters. The van der Waals surface area contributed by atoms with Crippen LogP contribution < -0.4 is 20.3 Å². The number of aromatic amines is 1. The molecule has 43 heavy (non-hydrogen) atoms. The molecule has 2 fully saturated rings. The van der Waals surface area contributed by atoms with Crippen LogP contribution in [0.2, 0.25) is 0 Å². The molecule has 1 saturated carbocycles. The summed E-state index contributed by atoms with van der Waals surface area (Å²) in [7, 11) is -3.76. The fourth-order valence-electron chi connectivity index (χ4n) is 5.71. The Morgan fingerprint density at radius 3 is 2.51 bits per heavy atom. The lowest BCUT2D eigenvalue weighted by Gasteiger charge is -2.29. The minimum Gasteiger partial charge on any atom is -0.378 e. The Bertz CT molecular complexity index is 1650. The van der Waals surface area contributed by atoms with Crippen molar-refractivity contribution in [2.75, 3.05) is 36.5 Å². The summed E-state index contributed by atoms with van der Waals surface area (Å²) in [5.41, 5.74) is 3.08. The number of morpholine rings is 1. The molecule has 226 valence electrons. The molecule has 11 nitrogen and oxygen atoms in total. The van der Waals surface area contributed by atoms with Gasteiger partial charge in [-0.3, -0.25) is 4.79 Å². The molecular weight excluding hydrogens is 566 g/mol. The number of aromatic nitrogens is 3. The number of benzene rings is 2. The summed E-state index contributed by atoms with van der Waals surface area (Å²) in [5, 5.41) is 6.31. The minimum absolute atomic E-state index is 0.0230. The summed E-state index contributed by atoms with van der Waals surface area (Å²) >= 11 is 0. The Morgan fingerprint density at radius 2 is 1.79 bits per heavy atom. The standard InChI is InChI=1S/C31H37N7O4S/c1-21(22-5-3-2-4-6-22)33-30(39)23-7-9-24(10-8-23)37-43(40,41)26-12-13-27-28(19-26)36-31(35-27)34-25-11-14-29(32-20-25)38-15-17-42-18-16-38/h2-6,11-14,19-21,23-24,37H,7-10,15-18H2,1H3,(H,33,39)(H2,34,35,36)/t21-,23-,24-/m1/s1. The number of fused-ring (bicyclic) bond motifs is 1. The maximum absolute atomic E-state index is 13.3. The van der Waals surface area contributed by atoms with Crippen LogP contribution in [-0.4, -0.2) is 61.6 Å². The van der Waals surface area contributed by atoms with Crippen molar-refractivity contribution in [1.29, 1.82) is 0 Å². The molecule has 1 saturated heterocycles. The number of rotatable bonds is 9. The number of amides is 1. The number of sulfonamides is 1. The van der Waals surface area contributed by atoms with E-state index in [4.69, 9.17) is 4.74 Å². The van der Waals surface area contributed by atoms with E-state index in [0.717, 1.165) is 35.7 Å². The Hall–Kier alpha value is -4.00. The molecule has 1 aliphatic heterocycles. The highest BCUT2D eigenvalue weighted by Crippen LogP contribution is 2.28. The van der Waals surface area contributed by atoms with Gasteiger partial charge in [-0.15, -0.1) is 0 Å². The van der Waals surface area contributed by atoms with Crippen LogP contribution in [0.1, 0.15) is 44.2 Å². The van der Waals surface area contributed by atoms with Gasteiger partial charge in [0, 0.05) is 25.0 Å². The third-order valence-corrected chi connectivity index (χ3v) is 9.71. The maximum Gasteiger partial charge on any atom is 0.240 e. The summed E-state index contributed by atoms with van der Waals surface area (Å²) in [6.07, 6.45) is 4.23. The molecule has 1 aliphatic carbocycles. The van der Waals surface area contributed by atoms with Crippen molar-refractivity contribution >= 4 is 44.4 Å². The van der Waals surface area contributed by atoms with Crippen molar-refractivity contribution in [3.8, 4) is 0 Å². The monoisotopic (exact) mass is 603 g/mol. The van der Waals surface area contributed by atoms with E-state index >= 15 is 0 Å². The second kappa shape index (κ2) is 12.7. The van der Waals surface area contributed by atoms with Gasteiger partial charge in [-0.2, -0.15) is 0 Å². The van der Waals surface area contributed by atoms with Crippen LogP contribution in [0, 0.1) is 5.92 Å². The van der Waals surface area contributed by atoms with E-state index < -0.39 is 10.0 Å². The third kappa shape index (κ3) is 6.98. The van der Waals surface area contributed by atoms with Crippen molar-refractivity contribution in [2.45, 2.75) is 49.6 Å². The van der Waals surface area contributed by atoms with E-state index in [-0.39, 0.29) is 28.8 Å². The number of hydrogen-bond donors (Lipinski definition) is 4. The largest absolute Gasteiger partial charge is 0.378 e. The van der Waals surface area contributed by atoms with Crippen molar-refractivity contribution in [2.24, 2.45) is 5.92 Å². The van der Waals surface area contributed by atoms with Gasteiger partial charge in [0.05, 0.1) is 47.1 Å². The Balaban J connectivity index is 1.04. The highest BCUT2D eigenvalue weighted by Gasteiger charge is 2.30. The zero-order valence-electron chi connectivity index (χ0n) is 24.1. The number of H-pyrrole nitrogens is 1. The Kier molecular flexibility index (Phi) is 8.59. The van der Waals surface area contributed by atoms with E-state index in [1.165, 1.54) is 0 Å². The highest BCUT2D eigenvalue weighted by molar-refractivity contribution is 7.89. The number of ether oxygens (including phenoxy) is 1. The van der Waals surface area contributed by atoms with Gasteiger partial charge in [0.1, 0.15) is 5.82 Å². The Morgan fingerprint density at radius 1 is 1.02 bits per heavy atom. The quantitative estimate of drug-likeness (QED) is 0.223. The van der Waals surface area contributed by atoms with Crippen LogP contribution in [-0.2, 0) is 19.6 Å². The number of hydrogen-bond acceptors (Lipinski definition) is 8. The molecule has 0 radical (unpaired) electrons. The number of nitrogens with zero attached hydrogens (tertiary/aromatic N) is 3. The van der Waals surface area contributed by atoms with Gasteiger partial charge in [0.2, 0.25) is 21.9 Å². The number of imidazole rings is 1. The molecule has 2 aromatic heterocycles. The Labute approximate surface area is 251 Å². The molecular formula is C31H37N7O4S. The smallest absolute Gasteiger partial charge is 0.240 e. The van der Waals surface area contributed by atoms with Gasteiger partial charge >= 0.3 is 0 Å². The van der Waals surface area contributed by atoms with Gasteiger partial charge in [0.15, 0.2) is 0 Å². The maximum atomic E-state index is 13.3. The van der Waals surface area contributed by atoms with Crippen molar-refractivity contribution in [1.82, 2.24) is 25.0 Å². The number of carbonyl (C=O) groups is 1. The lowest BCUT2D eigenvalue weighted by Crippen LogP contribution is -2.41. The second-order valence-electron chi connectivity index (χ2n) is 11.2. The third-order valence-electron chi connectivity index (χ3n) is 8.19. The van der Waals surface area contributed by atoms with Gasteiger partial charge in [-0.25, -0.2) is 23.1 Å². The van der Waals surface area contributed by atoms with E-state index in [1.54, 1.807) is 24.4 Å². The first-order valence-electron chi connectivity index (χ1n) is 14.8. The van der Waals surface area contributed by atoms with Crippen LogP contribution >= 0.6 is 0 Å². The van der Waals surface area contributed by atoms with E-state index in [9.17, 15) is 13.2 Å². The molecule has 3 heterocycles. The van der Waals surface area contributed by atoms with Crippen molar-refractivity contribution < 1.29 is 17.9 Å². The predicted molar refractivity (Wildman–Crippen MR) is 166 cm³/mol. The summed E-state index contributed by atoms with van der Waals surface area (Å²) in [5.74, 6) is 1.30. The first-order valence-corrected chi connectivity index (χ1v) is 16.3. The number of pyridine rings is 1. The van der Waals surface area contributed by atoms with E-state index in [1.807, 2.05) is 49.4 Å². The molecule has 1 amide bonds. The molecule has 0 spiro atoms. The molecule has 6 rings (SSSR count). The topological polar surface area (TPSA) is 141 Å². The second-order valence-corrected chi connectivity index (χ2v) is 12.9. The highest BCUT2D eigenvalue weighted by atomic mass is 32.2. The summed E-state index contributed by atoms with van der Waals surface area (Å²) in [6, 6.07) is 18.3. The SMILES string of the molecule is C[C@@H](NC(=O)[C@H]1CC[C@H](NS(=O)(=O)c2ccc3[nH]c(Nc4ccc(N5CCOCC5)nc4)nc3c2)CC1)c1ccccc1. The normalized spacial score (nSPS) is 20.1. The molecule has 4 N–H and O–H groups in total. The van der Waals surface area contributed by atoms with Crippen LogP contribution in [0.25, 0.3) is 11.0 Å². The van der Waals surface area contributed by atoms with E-state index in [2.05, 4.69) is 35.2 Å².